The van der Waals surface area contributed by atoms with Crippen molar-refractivity contribution in [3.8, 4) is 0 Å². The molecular formula is C12H15N5O. The van der Waals surface area contributed by atoms with E-state index in [4.69, 9.17) is 0 Å². The molecule has 94 valence electrons. The van der Waals surface area contributed by atoms with Crippen LogP contribution in [0.4, 0.5) is 5.82 Å². The standard InChI is InChI=1S/C12H15N5O/c1-7-4-11(18)17-10(15-7)6-14-12-9(3)13-5-8(2)16-12/h4-5H,6H2,1-3H3,(H,14,16)(H,15,17,18). The van der Waals surface area contributed by atoms with Crippen molar-refractivity contribution in [2.24, 2.45) is 0 Å². The number of hydrogen-bond donors (Lipinski definition) is 2. The van der Waals surface area contributed by atoms with Crippen molar-refractivity contribution in [2.45, 2.75) is 27.3 Å². The Morgan fingerprint density at radius 1 is 1.22 bits per heavy atom. The number of hydrogen-bond acceptors (Lipinski definition) is 5. The summed E-state index contributed by atoms with van der Waals surface area (Å²) in [5, 5.41) is 3.12. The number of H-pyrrole nitrogens is 1. The summed E-state index contributed by atoms with van der Waals surface area (Å²) in [5.41, 5.74) is 2.21. The van der Waals surface area contributed by atoms with Crippen molar-refractivity contribution in [3.63, 3.8) is 0 Å². The highest BCUT2D eigenvalue weighted by molar-refractivity contribution is 5.39. The summed E-state index contributed by atoms with van der Waals surface area (Å²) in [7, 11) is 0. The molecule has 0 aliphatic rings. The van der Waals surface area contributed by atoms with Gasteiger partial charge in [0.1, 0.15) is 11.6 Å². The van der Waals surface area contributed by atoms with Gasteiger partial charge in [-0.15, -0.1) is 0 Å². The average molecular weight is 245 g/mol. The van der Waals surface area contributed by atoms with Crippen molar-refractivity contribution >= 4 is 5.82 Å². The number of aromatic nitrogens is 4. The number of rotatable bonds is 3. The van der Waals surface area contributed by atoms with E-state index in [9.17, 15) is 4.79 Å². The summed E-state index contributed by atoms with van der Waals surface area (Å²) in [6.07, 6.45) is 1.72. The van der Waals surface area contributed by atoms with Gasteiger partial charge in [0.15, 0.2) is 0 Å². The zero-order valence-electron chi connectivity index (χ0n) is 10.6. The van der Waals surface area contributed by atoms with Crippen LogP contribution in [-0.2, 0) is 6.54 Å². The summed E-state index contributed by atoms with van der Waals surface area (Å²) in [4.78, 5) is 26.8. The minimum Gasteiger partial charge on any atom is -0.361 e. The number of nitrogens with one attached hydrogen (secondary N) is 2. The van der Waals surface area contributed by atoms with Crippen LogP contribution in [0.1, 0.15) is 22.9 Å². The molecule has 6 heteroatoms. The van der Waals surface area contributed by atoms with Crippen molar-refractivity contribution < 1.29 is 0 Å². The van der Waals surface area contributed by atoms with Gasteiger partial charge < -0.3 is 10.3 Å². The molecule has 2 aromatic heterocycles. The molecule has 0 aliphatic carbocycles. The molecule has 0 aromatic carbocycles. The van der Waals surface area contributed by atoms with Crippen molar-refractivity contribution in [1.82, 2.24) is 19.9 Å². The molecule has 2 rings (SSSR count). The second kappa shape index (κ2) is 4.95. The van der Waals surface area contributed by atoms with Gasteiger partial charge in [0.05, 0.1) is 17.9 Å². The molecule has 0 fully saturated rings. The highest BCUT2D eigenvalue weighted by Crippen LogP contribution is 2.09. The number of anilines is 1. The minimum atomic E-state index is -0.147. The quantitative estimate of drug-likeness (QED) is 0.846. The molecule has 2 heterocycles. The molecule has 0 atom stereocenters. The Labute approximate surface area is 105 Å². The van der Waals surface area contributed by atoms with Crippen molar-refractivity contribution in [1.29, 1.82) is 0 Å². The summed E-state index contributed by atoms with van der Waals surface area (Å²) >= 11 is 0. The van der Waals surface area contributed by atoms with E-state index in [1.807, 2.05) is 13.8 Å². The lowest BCUT2D eigenvalue weighted by atomic mass is 10.4. The smallest absolute Gasteiger partial charge is 0.251 e. The normalized spacial score (nSPS) is 10.4. The maximum Gasteiger partial charge on any atom is 0.251 e. The highest BCUT2D eigenvalue weighted by Gasteiger charge is 2.03. The Balaban J connectivity index is 2.16. The molecule has 2 aromatic rings. The number of nitrogens with zero attached hydrogens (tertiary/aromatic N) is 3. The molecule has 0 amide bonds. The minimum absolute atomic E-state index is 0.147. The van der Waals surface area contributed by atoms with Gasteiger partial charge in [-0.05, 0) is 20.8 Å². The summed E-state index contributed by atoms with van der Waals surface area (Å²) in [5.74, 6) is 1.29. The Morgan fingerprint density at radius 3 is 2.72 bits per heavy atom. The lowest BCUT2D eigenvalue weighted by Gasteiger charge is -2.08. The van der Waals surface area contributed by atoms with Gasteiger partial charge in [0.25, 0.3) is 5.56 Å². The predicted octanol–water partition coefficient (Wildman–Crippen LogP) is 1.10. The van der Waals surface area contributed by atoms with Crippen LogP contribution in [0.3, 0.4) is 0 Å². The van der Waals surface area contributed by atoms with Gasteiger partial charge in [-0.3, -0.25) is 9.78 Å². The molecular weight excluding hydrogens is 230 g/mol. The van der Waals surface area contributed by atoms with Crippen LogP contribution in [0.25, 0.3) is 0 Å². The maximum absolute atomic E-state index is 11.3. The van der Waals surface area contributed by atoms with Crippen LogP contribution < -0.4 is 10.9 Å². The third-order valence-electron chi connectivity index (χ3n) is 2.42. The lowest BCUT2D eigenvalue weighted by molar-refractivity contribution is 0.894. The molecule has 0 unspecified atom stereocenters. The number of aromatic amines is 1. The molecule has 2 N–H and O–H groups in total. The van der Waals surface area contributed by atoms with Crippen LogP contribution in [0, 0.1) is 20.8 Å². The van der Waals surface area contributed by atoms with Crippen LogP contribution in [0.15, 0.2) is 17.1 Å². The summed E-state index contributed by atoms with van der Waals surface area (Å²) in [6.45, 7) is 5.96. The predicted molar refractivity (Wildman–Crippen MR) is 68.4 cm³/mol. The van der Waals surface area contributed by atoms with Crippen molar-refractivity contribution in [3.05, 3.63) is 45.5 Å². The Hall–Kier alpha value is -2.24. The monoisotopic (exact) mass is 245 g/mol. The third-order valence-corrected chi connectivity index (χ3v) is 2.42. The van der Waals surface area contributed by atoms with Gasteiger partial charge in [-0.1, -0.05) is 0 Å². The van der Waals surface area contributed by atoms with Crippen molar-refractivity contribution in [2.75, 3.05) is 5.32 Å². The van der Waals surface area contributed by atoms with E-state index >= 15 is 0 Å². The molecule has 6 nitrogen and oxygen atoms in total. The number of aryl methyl sites for hydroxylation is 3. The van der Waals surface area contributed by atoms with E-state index in [0.29, 0.717) is 23.9 Å². The Kier molecular flexibility index (Phi) is 3.36. The SMILES string of the molecule is Cc1cc(=O)[nH]c(CNc2nc(C)cnc2C)n1. The Morgan fingerprint density at radius 2 is 2.00 bits per heavy atom. The van der Waals surface area contributed by atoms with Gasteiger partial charge in [-0.25, -0.2) is 9.97 Å². The van der Waals surface area contributed by atoms with E-state index in [1.54, 1.807) is 13.1 Å². The lowest BCUT2D eigenvalue weighted by Crippen LogP contribution is -2.15. The molecule has 0 radical (unpaired) electrons. The first kappa shape index (κ1) is 12.2. The Bertz CT molecular complexity index is 620. The fraction of sp³-hybridized carbons (Fsp3) is 0.333. The molecule has 0 bridgehead atoms. The van der Waals surface area contributed by atoms with Gasteiger partial charge in [0.2, 0.25) is 0 Å². The van der Waals surface area contributed by atoms with Crippen LogP contribution in [0.2, 0.25) is 0 Å². The highest BCUT2D eigenvalue weighted by atomic mass is 16.1. The first-order chi connectivity index (χ1) is 8.54. The second-order valence-electron chi connectivity index (χ2n) is 4.13. The summed E-state index contributed by atoms with van der Waals surface area (Å²) in [6, 6.07) is 1.46. The van der Waals surface area contributed by atoms with E-state index < -0.39 is 0 Å². The second-order valence-corrected chi connectivity index (χ2v) is 4.13. The van der Waals surface area contributed by atoms with E-state index in [2.05, 4.69) is 25.3 Å². The van der Waals surface area contributed by atoms with E-state index in [-0.39, 0.29) is 5.56 Å². The third kappa shape index (κ3) is 2.91. The zero-order chi connectivity index (χ0) is 13.1. The van der Waals surface area contributed by atoms with Gasteiger partial charge in [-0.2, -0.15) is 0 Å². The first-order valence-corrected chi connectivity index (χ1v) is 5.65. The first-order valence-electron chi connectivity index (χ1n) is 5.65. The topological polar surface area (TPSA) is 83.6 Å². The van der Waals surface area contributed by atoms with Crippen LogP contribution >= 0.6 is 0 Å². The van der Waals surface area contributed by atoms with E-state index in [1.165, 1.54) is 6.07 Å². The molecule has 0 aliphatic heterocycles. The fourth-order valence-electron chi connectivity index (χ4n) is 1.60. The summed E-state index contributed by atoms with van der Waals surface area (Å²) < 4.78 is 0. The zero-order valence-corrected chi connectivity index (χ0v) is 10.6. The maximum atomic E-state index is 11.3. The average Bonchev–Trinajstić information content (AvgIpc) is 2.29. The molecule has 0 spiro atoms. The molecule has 0 saturated carbocycles. The van der Waals surface area contributed by atoms with Gasteiger partial charge >= 0.3 is 0 Å². The van der Waals surface area contributed by atoms with Gasteiger partial charge in [0, 0.05) is 18.0 Å². The van der Waals surface area contributed by atoms with Crippen LogP contribution in [-0.4, -0.2) is 19.9 Å². The fourth-order valence-corrected chi connectivity index (χ4v) is 1.60. The van der Waals surface area contributed by atoms with E-state index in [0.717, 1.165) is 11.4 Å². The molecule has 0 saturated heterocycles. The molecule has 18 heavy (non-hydrogen) atoms. The largest absolute Gasteiger partial charge is 0.361 e. The van der Waals surface area contributed by atoms with Crippen LogP contribution in [0.5, 0.6) is 0 Å².